The second kappa shape index (κ2) is 4.78. The molecule has 1 aliphatic rings. The molecule has 0 saturated carbocycles. The van der Waals surface area contributed by atoms with E-state index in [2.05, 4.69) is 5.32 Å². The highest BCUT2D eigenvalue weighted by Crippen LogP contribution is 2.30. The Morgan fingerprint density at radius 1 is 1.42 bits per heavy atom. The Hall–Kier alpha value is -1.68. The third kappa shape index (κ3) is 2.40. The fourth-order valence-corrected chi connectivity index (χ4v) is 2.52. The molecule has 0 unspecified atom stereocenters. The lowest BCUT2D eigenvalue weighted by Gasteiger charge is -2.23. The molecule has 0 fully saturated rings. The molecule has 0 saturated heterocycles. The smallest absolute Gasteiger partial charge is 0.231 e. The lowest BCUT2D eigenvalue weighted by Crippen LogP contribution is -2.34. The normalized spacial score (nSPS) is 14.7. The van der Waals surface area contributed by atoms with Crippen LogP contribution in [0.3, 0.4) is 0 Å². The molecule has 1 amide bonds. The molecule has 4 heteroatoms. The Balaban J connectivity index is 2.32. The van der Waals surface area contributed by atoms with E-state index in [4.69, 9.17) is 0 Å². The lowest BCUT2D eigenvalue weighted by molar-refractivity contribution is -0.117. The van der Waals surface area contributed by atoms with Gasteiger partial charge in [-0.2, -0.15) is 0 Å². The SMILES string of the molecule is CNCC(C)(C)C(=O)c1ccc2c(c1)CC(=O)N2C. The first-order valence-corrected chi connectivity index (χ1v) is 6.45. The molecule has 0 spiro atoms. The van der Waals surface area contributed by atoms with Crippen LogP contribution in [0.4, 0.5) is 5.69 Å². The standard InChI is InChI=1S/C15H20N2O2/c1-15(2,9-16-3)14(19)10-5-6-12-11(7-10)8-13(18)17(12)4/h5-7,16H,8-9H2,1-4H3. The zero-order valence-corrected chi connectivity index (χ0v) is 11.9. The number of rotatable bonds is 4. The van der Waals surface area contributed by atoms with E-state index in [0.717, 1.165) is 11.3 Å². The number of carbonyl (C=O) groups excluding carboxylic acids is 2. The van der Waals surface area contributed by atoms with Crippen LogP contribution in [0.5, 0.6) is 0 Å². The second-order valence-corrected chi connectivity index (χ2v) is 5.72. The maximum Gasteiger partial charge on any atom is 0.231 e. The number of hydrogen-bond donors (Lipinski definition) is 1. The van der Waals surface area contributed by atoms with Crippen LogP contribution in [-0.4, -0.2) is 32.3 Å². The molecule has 1 heterocycles. The number of anilines is 1. The summed E-state index contributed by atoms with van der Waals surface area (Å²) in [7, 11) is 3.60. The highest BCUT2D eigenvalue weighted by molar-refractivity contribution is 6.04. The third-order valence-corrected chi connectivity index (χ3v) is 3.65. The van der Waals surface area contributed by atoms with E-state index < -0.39 is 5.41 Å². The summed E-state index contributed by atoms with van der Waals surface area (Å²) in [6.07, 6.45) is 0.388. The molecule has 1 N–H and O–H groups in total. The van der Waals surface area contributed by atoms with Gasteiger partial charge in [-0.1, -0.05) is 13.8 Å². The summed E-state index contributed by atoms with van der Waals surface area (Å²) in [6.45, 7) is 4.48. The molecule has 0 aliphatic carbocycles. The molecule has 2 rings (SSSR count). The third-order valence-electron chi connectivity index (χ3n) is 3.65. The molecule has 19 heavy (non-hydrogen) atoms. The van der Waals surface area contributed by atoms with Crippen LogP contribution in [0.1, 0.15) is 29.8 Å². The number of hydrogen-bond acceptors (Lipinski definition) is 3. The molecular formula is C15H20N2O2. The van der Waals surface area contributed by atoms with Crippen molar-refractivity contribution in [1.82, 2.24) is 5.32 Å². The summed E-state index contributed by atoms with van der Waals surface area (Å²) < 4.78 is 0. The minimum Gasteiger partial charge on any atom is -0.319 e. The highest BCUT2D eigenvalue weighted by Gasteiger charge is 2.30. The van der Waals surface area contributed by atoms with Crippen molar-refractivity contribution in [2.24, 2.45) is 5.41 Å². The van der Waals surface area contributed by atoms with Crippen molar-refractivity contribution < 1.29 is 9.59 Å². The highest BCUT2D eigenvalue weighted by atomic mass is 16.2. The van der Waals surface area contributed by atoms with Crippen molar-refractivity contribution in [1.29, 1.82) is 0 Å². The van der Waals surface area contributed by atoms with Crippen LogP contribution in [0.25, 0.3) is 0 Å². The molecule has 1 aromatic rings. The molecule has 0 atom stereocenters. The van der Waals surface area contributed by atoms with Crippen LogP contribution in [-0.2, 0) is 11.2 Å². The summed E-state index contributed by atoms with van der Waals surface area (Å²) in [6, 6.07) is 5.53. The number of likely N-dealkylation sites (N-methyl/N-ethyl adjacent to an activating group) is 1. The van der Waals surface area contributed by atoms with Gasteiger partial charge in [-0.3, -0.25) is 9.59 Å². The van der Waals surface area contributed by atoms with Gasteiger partial charge in [-0.25, -0.2) is 0 Å². The minimum absolute atomic E-state index is 0.0779. The number of fused-ring (bicyclic) bond motifs is 1. The number of ketones is 1. The topological polar surface area (TPSA) is 49.4 Å². The number of Topliss-reactive ketones (excluding diaryl/α,β-unsaturated/α-hetero) is 1. The minimum atomic E-state index is -0.447. The van der Waals surface area contributed by atoms with E-state index in [1.54, 1.807) is 11.9 Å². The number of benzene rings is 1. The van der Waals surface area contributed by atoms with Crippen LogP contribution in [0.15, 0.2) is 18.2 Å². The van der Waals surface area contributed by atoms with E-state index in [9.17, 15) is 9.59 Å². The fraction of sp³-hybridized carbons (Fsp3) is 0.467. The van der Waals surface area contributed by atoms with E-state index in [1.165, 1.54) is 0 Å². The monoisotopic (exact) mass is 260 g/mol. The number of nitrogens with one attached hydrogen (secondary N) is 1. The van der Waals surface area contributed by atoms with Gasteiger partial charge in [0.15, 0.2) is 5.78 Å². The Labute approximate surface area is 113 Å². The summed E-state index contributed by atoms with van der Waals surface area (Å²) >= 11 is 0. The van der Waals surface area contributed by atoms with Gasteiger partial charge in [0.25, 0.3) is 0 Å². The predicted octanol–water partition coefficient (Wildman–Crippen LogP) is 1.63. The van der Waals surface area contributed by atoms with Crippen molar-refractivity contribution in [2.45, 2.75) is 20.3 Å². The molecule has 4 nitrogen and oxygen atoms in total. The van der Waals surface area contributed by atoms with Crippen molar-refractivity contribution in [3.05, 3.63) is 29.3 Å². The van der Waals surface area contributed by atoms with Crippen molar-refractivity contribution in [2.75, 3.05) is 25.5 Å². The maximum absolute atomic E-state index is 12.5. The van der Waals surface area contributed by atoms with Crippen molar-refractivity contribution in [3.8, 4) is 0 Å². The van der Waals surface area contributed by atoms with Crippen LogP contribution >= 0.6 is 0 Å². The molecule has 1 aromatic carbocycles. The average Bonchev–Trinajstić information content (AvgIpc) is 2.63. The van der Waals surface area contributed by atoms with Gasteiger partial charge in [0.1, 0.15) is 0 Å². The van der Waals surface area contributed by atoms with Gasteiger partial charge >= 0.3 is 0 Å². The molecule has 102 valence electrons. The molecule has 1 aliphatic heterocycles. The van der Waals surface area contributed by atoms with Gasteiger partial charge in [0, 0.05) is 30.3 Å². The Morgan fingerprint density at radius 2 is 2.11 bits per heavy atom. The van der Waals surface area contributed by atoms with Gasteiger partial charge in [-0.15, -0.1) is 0 Å². The molecule has 0 radical (unpaired) electrons. The Bertz CT molecular complexity index is 535. The van der Waals surface area contributed by atoms with E-state index >= 15 is 0 Å². The number of amides is 1. The molecule has 0 bridgehead atoms. The van der Waals surface area contributed by atoms with Crippen LogP contribution < -0.4 is 10.2 Å². The number of nitrogens with zero attached hydrogens (tertiary/aromatic N) is 1. The van der Waals surface area contributed by atoms with E-state index in [-0.39, 0.29) is 11.7 Å². The maximum atomic E-state index is 12.5. The summed E-state index contributed by atoms with van der Waals surface area (Å²) in [5.74, 6) is 0.181. The fourth-order valence-electron chi connectivity index (χ4n) is 2.52. The first-order chi connectivity index (χ1) is 8.86. The Kier molecular flexibility index (Phi) is 3.45. The zero-order valence-electron chi connectivity index (χ0n) is 11.9. The van der Waals surface area contributed by atoms with Crippen LogP contribution in [0.2, 0.25) is 0 Å². The quantitative estimate of drug-likeness (QED) is 0.837. The first-order valence-electron chi connectivity index (χ1n) is 6.45. The van der Waals surface area contributed by atoms with Gasteiger partial charge in [-0.05, 0) is 30.8 Å². The largest absolute Gasteiger partial charge is 0.319 e. The van der Waals surface area contributed by atoms with Crippen molar-refractivity contribution >= 4 is 17.4 Å². The summed E-state index contributed by atoms with van der Waals surface area (Å²) in [5, 5.41) is 3.04. The number of carbonyl (C=O) groups is 2. The summed E-state index contributed by atoms with van der Waals surface area (Å²) in [5.41, 5.74) is 2.09. The predicted molar refractivity (Wildman–Crippen MR) is 75.6 cm³/mol. The zero-order chi connectivity index (χ0) is 14.2. The molecule has 0 aromatic heterocycles. The Morgan fingerprint density at radius 3 is 2.74 bits per heavy atom. The summed E-state index contributed by atoms with van der Waals surface area (Å²) in [4.78, 5) is 25.8. The van der Waals surface area contributed by atoms with Gasteiger partial charge in [0.2, 0.25) is 5.91 Å². The average molecular weight is 260 g/mol. The van der Waals surface area contributed by atoms with Gasteiger partial charge in [0.05, 0.1) is 6.42 Å². The van der Waals surface area contributed by atoms with E-state index in [0.29, 0.717) is 18.5 Å². The first kappa shape index (κ1) is 13.7. The van der Waals surface area contributed by atoms with Crippen LogP contribution in [0, 0.1) is 5.41 Å². The second-order valence-electron chi connectivity index (χ2n) is 5.72. The van der Waals surface area contributed by atoms with Crippen molar-refractivity contribution in [3.63, 3.8) is 0 Å². The lowest BCUT2D eigenvalue weighted by atomic mass is 9.83. The molecular weight excluding hydrogens is 240 g/mol. The van der Waals surface area contributed by atoms with E-state index in [1.807, 2.05) is 39.1 Å². The van der Waals surface area contributed by atoms with Gasteiger partial charge < -0.3 is 10.2 Å².